The maximum absolute atomic E-state index is 10.1. The van der Waals surface area contributed by atoms with Crippen LogP contribution in [0.15, 0.2) is 12.3 Å². The highest BCUT2D eigenvalue weighted by atomic mass is 16.4. The van der Waals surface area contributed by atoms with Gasteiger partial charge < -0.3 is 10.4 Å². The van der Waals surface area contributed by atoms with Crippen LogP contribution in [0.3, 0.4) is 0 Å². The molecule has 0 aliphatic heterocycles. The average Bonchev–Trinajstić information content (AvgIpc) is 2.45. The fraction of sp³-hybridized carbons (Fsp3) is 0.700. The van der Waals surface area contributed by atoms with Gasteiger partial charge in [0.1, 0.15) is 0 Å². The van der Waals surface area contributed by atoms with Crippen LogP contribution in [-0.4, -0.2) is 17.6 Å². The van der Waals surface area contributed by atoms with Crippen LogP contribution < -0.4 is 5.32 Å². The van der Waals surface area contributed by atoms with Crippen LogP contribution in [0.1, 0.15) is 26.2 Å². The molecule has 1 fully saturated rings. The summed E-state index contributed by atoms with van der Waals surface area (Å²) in [7, 11) is 0. The van der Waals surface area contributed by atoms with E-state index in [1.807, 2.05) is 0 Å². The topological polar surface area (TPSA) is 49.3 Å². The number of hydrogen-bond acceptors (Lipinski definition) is 2. The molecule has 0 amide bonds. The van der Waals surface area contributed by atoms with Gasteiger partial charge in [0, 0.05) is 18.8 Å². The Kier molecular flexibility index (Phi) is 3.80. The predicted molar refractivity (Wildman–Crippen MR) is 51.3 cm³/mol. The summed E-state index contributed by atoms with van der Waals surface area (Å²) in [6.45, 7) is 3.18. The van der Waals surface area contributed by atoms with Gasteiger partial charge in [-0.25, -0.2) is 4.79 Å². The predicted octanol–water partition coefficient (Wildman–Crippen LogP) is 1.61. The monoisotopic (exact) mass is 183 g/mol. The highest BCUT2D eigenvalue weighted by Crippen LogP contribution is 2.29. The minimum absolute atomic E-state index is 0.730. The first-order valence-corrected chi connectivity index (χ1v) is 4.81. The molecule has 0 aromatic carbocycles. The summed E-state index contributed by atoms with van der Waals surface area (Å²) < 4.78 is 0. The highest BCUT2D eigenvalue weighted by Gasteiger charge is 2.20. The third-order valence-corrected chi connectivity index (χ3v) is 2.55. The van der Waals surface area contributed by atoms with Crippen molar-refractivity contribution in [1.82, 2.24) is 5.32 Å². The van der Waals surface area contributed by atoms with E-state index in [0.717, 1.165) is 24.5 Å². The highest BCUT2D eigenvalue weighted by molar-refractivity contribution is 5.79. The summed E-state index contributed by atoms with van der Waals surface area (Å²) in [6, 6.07) is 0. The Morgan fingerprint density at radius 2 is 2.38 bits per heavy atom. The van der Waals surface area contributed by atoms with Gasteiger partial charge in [0.05, 0.1) is 0 Å². The van der Waals surface area contributed by atoms with Crippen LogP contribution in [-0.2, 0) is 4.79 Å². The number of nitrogens with one attached hydrogen (secondary N) is 1. The Morgan fingerprint density at radius 3 is 2.92 bits per heavy atom. The number of aliphatic carboxylic acids is 1. The van der Waals surface area contributed by atoms with Crippen molar-refractivity contribution in [2.75, 3.05) is 6.54 Å². The van der Waals surface area contributed by atoms with E-state index in [0.29, 0.717) is 0 Å². The van der Waals surface area contributed by atoms with Crippen molar-refractivity contribution in [3.05, 3.63) is 12.3 Å². The van der Waals surface area contributed by atoms with Crippen molar-refractivity contribution < 1.29 is 9.90 Å². The molecule has 1 aliphatic carbocycles. The molecule has 0 aromatic rings. The number of rotatable bonds is 4. The van der Waals surface area contributed by atoms with E-state index >= 15 is 0 Å². The Bertz CT molecular complexity index is 201. The molecule has 0 aromatic heterocycles. The second-order valence-electron chi connectivity index (χ2n) is 3.86. The molecule has 13 heavy (non-hydrogen) atoms. The van der Waals surface area contributed by atoms with Crippen LogP contribution in [0.4, 0.5) is 0 Å². The molecule has 0 radical (unpaired) electrons. The Labute approximate surface area is 78.8 Å². The van der Waals surface area contributed by atoms with Gasteiger partial charge in [0.2, 0.25) is 0 Å². The summed E-state index contributed by atoms with van der Waals surface area (Å²) >= 11 is 0. The zero-order valence-electron chi connectivity index (χ0n) is 7.99. The third kappa shape index (κ3) is 3.97. The second-order valence-corrected chi connectivity index (χ2v) is 3.86. The number of hydrogen-bond donors (Lipinski definition) is 2. The SMILES string of the molecule is CC1CCC(CN/C=C/C(=O)O)C1. The Morgan fingerprint density at radius 1 is 1.62 bits per heavy atom. The molecule has 2 N–H and O–H groups in total. The van der Waals surface area contributed by atoms with Crippen LogP contribution in [0.2, 0.25) is 0 Å². The van der Waals surface area contributed by atoms with E-state index in [4.69, 9.17) is 5.11 Å². The van der Waals surface area contributed by atoms with Crippen LogP contribution in [0.5, 0.6) is 0 Å². The van der Waals surface area contributed by atoms with E-state index in [1.54, 1.807) is 0 Å². The number of carboxylic acids is 1. The summed E-state index contributed by atoms with van der Waals surface area (Å²) in [5.74, 6) is 0.677. The van der Waals surface area contributed by atoms with Gasteiger partial charge in [-0.1, -0.05) is 13.3 Å². The minimum Gasteiger partial charge on any atom is -0.478 e. The molecule has 0 saturated heterocycles. The van der Waals surface area contributed by atoms with Crippen molar-refractivity contribution in [1.29, 1.82) is 0 Å². The normalized spacial score (nSPS) is 28.1. The van der Waals surface area contributed by atoms with Gasteiger partial charge in [0.25, 0.3) is 0 Å². The smallest absolute Gasteiger partial charge is 0.329 e. The maximum atomic E-state index is 10.1. The summed E-state index contributed by atoms with van der Waals surface area (Å²) in [4.78, 5) is 10.1. The van der Waals surface area contributed by atoms with Crippen molar-refractivity contribution in [2.24, 2.45) is 11.8 Å². The zero-order valence-corrected chi connectivity index (χ0v) is 7.99. The van der Waals surface area contributed by atoms with E-state index in [1.165, 1.54) is 25.5 Å². The molecule has 2 unspecified atom stereocenters. The van der Waals surface area contributed by atoms with Crippen LogP contribution >= 0.6 is 0 Å². The van der Waals surface area contributed by atoms with Crippen molar-refractivity contribution >= 4 is 5.97 Å². The quantitative estimate of drug-likeness (QED) is 0.651. The largest absolute Gasteiger partial charge is 0.478 e. The molecule has 3 nitrogen and oxygen atoms in total. The first-order chi connectivity index (χ1) is 6.18. The second kappa shape index (κ2) is 4.90. The summed E-state index contributed by atoms with van der Waals surface area (Å²) in [6.07, 6.45) is 6.52. The summed E-state index contributed by atoms with van der Waals surface area (Å²) in [5.41, 5.74) is 0. The summed E-state index contributed by atoms with van der Waals surface area (Å²) in [5, 5.41) is 11.3. The molecule has 1 saturated carbocycles. The fourth-order valence-electron chi connectivity index (χ4n) is 1.88. The molecule has 0 heterocycles. The van der Waals surface area contributed by atoms with Gasteiger partial charge in [0.15, 0.2) is 0 Å². The standard InChI is InChI=1S/C10H17NO2/c1-8-2-3-9(6-8)7-11-5-4-10(12)13/h4-5,8-9,11H,2-3,6-7H2,1H3,(H,12,13)/b5-4+. The van der Waals surface area contributed by atoms with E-state index in [9.17, 15) is 4.79 Å². The first kappa shape index (κ1) is 10.1. The molecular formula is C10H17NO2. The van der Waals surface area contributed by atoms with E-state index in [-0.39, 0.29) is 0 Å². The molecule has 0 spiro atoms. The lowest BCUT2D eigenvalue weighted by Gasteiger charge is -2.08. The van der Waals surface area contributed by atoms with Crippen LogP contribution in [0, 0.1) is 11.8 Å². The zero-order chi connectivity index (χ0) is 9.68. The van der Waals surface area contributed by atoms with Crippen LogP contribution in [0.25, 0.3) is 0 Å². The van der Waals surface area contributed by atoms with Crippen molar-refractivity contribution in [2.45, 2.75) is 26.2 Å². The first-order valence-electron chi connectivity index (χ1n) is 4.81. The lowest BCUT2D eigenvalue weighted by atomic mass is 10.1. The molecule has 3 heteroatoms. The fourth-order valence-corrected chi connectivity index (χ4v) is 1.88. The molecule has 2 atom stereocenters. The van der Waals surface area contributed by atoms with Crippen molar-refractivity contribution in [3.63, 3.8) is 0 Å². The van der Waals surface area contributed by atoms with Gasteiger partial charge in [-0.2, -0.15) is 0 Å². The van der Waals surface area contributed by atoms with Gasteiger partial charge >= 0.3 is 5.97 Å². The number of carboxylic acid groups (broad SMARTS) is 1. The van der Waals surface area contributed by atoms with E-state index < -0.39 is 5.97 Å². The van der Waals surface area contributed by atoms with Gasteiger partial charge in [-0.05, 0) is 24.7 Å². The molecule has 1 rings (SSSR count). The Balaban J connectivity index is 2.09. The van der Waals surface area contributed by atoms with Crippen molar-refractivity contribution in [3.8, 4) is 0 Å². The lowest BCUT2D eigenvalue weighted by Crippen LogP contribution is -2.16. The lowest BCUT2D eigenvalue weighted by molar-refractivity contribution is -0.131. The van der Waals surface area contributed by atoms with Gasteiger partial charge in [-0.3, -0.25) is 0 Å². The van der Waals surface area contributed by atoms with E-state index in [2.05, 4.69) is 12.2 Å². The molecular weight excluding hydrogens is 166 g/mol. The Hall–Kier alpha value is -0.990. The molecule has 1 aliphatic rings. The molecule has 74 valence electrons. The minimum atomic E-state index is -0.896. The van der Waals surface area contributed by atoms with Gasteiger partial charge in [-0.15, -0.1) is 0 Å². The average molecular weight is 183 g/mol. The maximum Gasteiger partial charge on any atom is 0.329 e. The third-order valence-electron chi connectivity index (χ3n) is 2.55. The molecule has 0 bridgehead atoms. The number of carbonyl (C=O) groups is 1.